The highest BCUT2D eigenvalue weighted by molar-refractivity contribution is 7.85. The summed E-state index contributed by atoms with van der Waals surface area (Å²) in [6.07, 6.45) is 1.19. The summed E-state index contributed by atoms with van der Waals surface area (Å²) in [6.45, 7) is 4.78. The number of hydrogen-bond donors (Lipinski definition) is 1. The number of carbonyl (C=O) groups excluding carboxylic acids is 2. The van der Waals surface area contributed by atoms with Crippen molar-refractivity contribution in [3.63, 3.8) is 0 Å². The fourth-order valence-electron chi connectivity index (χ4n) is 1.12. The van der Waals surface area contributed by atoms with Gasteiger partial charge in [0.15, 0.2) is 0 Å². The Hall–Kier alpha value is -1.61. The highest BCUT2D eigenvalue weighted by atomic mass is 32.2. The van der Waals surface area contributed by atoms with E-state index < -0.39 is 28.2 Å². The highest BCUT2D eigenvalue weighted by Gasteiger charge is 2.20. The Balaban J connectivity index is 4.48. The highest BCUT2D eigenvalue weighted by Crippen LogP contribution is 2.00. The molecule has 0 aromatic rings. The van der Waals surface area contributed by atoms with E-state index in [9.17, 15) is 18.0 Å². The average molecular weight is 309 g/mol. The molecule has 0 unspecified atom stereocenters. The molecule has 0 aliphatic rings. The molecule has 0 aliphatic carbocycles. The van der Waals surface area contributed by atoms with Crippen LogP contribution >= 0.6 is 0 Å². The molecule has 0 aliphatic heterocycles. The second-order valence-corrected chi connectivity index (χ2v) is 5.37. The van der Waals surface area contributed by atoms with Crippen LogP contribution in [0.5, 0.6) is 0 Å². The molecule has 0 rings (SSSR count). The van der Waals surface area contributed by atoms with Gasteiger partial charge in [0.2, 0.25) is 0 Å². The maximum absolute atomic E-state index is 11.3. The molecule has 0 saturated carbocycles. The second kappa shape index (κ2) is 9.32. The van der Waals surface area contributed by atoms with Crippen molar-refractivity contribution in [2.45, 2.75) is 19.4 Å². The first-order valence-corrected chi connectivity index (χ1v) is 7.64. The number of esters is 1. The third kappa shape index (κ3) is 10.3. The first-order valence-electron chi connectivity index (χ1n) is 5.82. The van der Waals surface area contributed by atoms with Crippen molar-refractivity contribution in [2.24, 2.45) is 0 Å². The Morgan fingerprint density at radius 2 is 2.00 bits per heavy atom. The minimum atomic E-state index is -3.68. The third-order valence-corrected chi connectivity index (χ3v) is 2.42. The molecule has 1 N–H and O–H groups in total. The zero-order valence-electron chi connectivity index (χ0n) is 11.5. The van der Waals surface area contributed by atoms with E-state index in [2.05, 4.69) is 20.8 Å². The largest absolute Gasteiger partial charge is 0.466 e. The molecule has 0 aromatic carbocycles. The first-order chi connectivity index (χ1) is 9.28. The Bertz CT molecular complexity index is 432. The van der Waals surface area contributed by atoms with E-state index in [1.54, 1.807) is 6.92 Å². The molecule has 0 radical (unpaired) electrons. The maximum Gasteiger partial charge on any atom is 0.407 e. The van der Waals surface area contributed by atoms with Gasteiger partial charge in [0.05, 0.1) is 31.9 Å². The molecule has 116 valence electrons. The fraction of sp³-hybridized carbons (Fsp3) is 0.636. The van der Waals surface area contributed by atoms with Gasteiger partial charge < -0.3 is 14.8 Å². The predicted octanol–water partition coefficient (Wildman–Crippen LogP) is 0.197. The van der Waals surface area contributed by atoms with Crippen LogP contribution in [0.1, 0.15) is 13.3 Å². The lowest BCUT2D eigenvalue weighted by atomic mass is 10.2. The Morgan fingerprint density at radius 1 is 1.35 bits per heavy atom. The molecule has 0 saturated heterocycles. The van der Waals surface area contributed by atoms with E-state index >= 15 is 0 Å². The smallest absolute Gasteiger partial charge is 0.407 e. The average Bonchev–Trinajstić information content (AvgIpc) is 2.33. The van der Waals surface area contributed by atoms with Gasteiger partial charge in [-0.2, -0.15) is 8.42 Å². The number of hydrogen-bond acceptors (Lipinski definition) is 7. The number of carbonyl (C=O) groups is 2. The molecule has 0 aromatic heterocycles. The molecule has 0 spiro atoms. The molecule has 1 atom stereocenters. The van der Waals surface area contributed by atoms with E-state index in [0.717, 1.165) is 6.26 Å². The van der Waals surface area contributed by atoms with Crippen LogP contribution in [0.2, 0.25) is 0 Å². The summed E-state index contributed by atoms with van der Waals surface area (Å²) in [5.74, 6) is -0.585. The fourth-order valence-corrected chi connectivity index (χ4v) is 1.53. The zero-order valence-corrected chi connectivity index (χ0v) is 12.3. The van der Waals surface area contributed by atoms with Crippen molar-refractivity contribution >= 4 is 22.2 Å². The Labute approximate surface area is 118 Å². The van der Waals surface area contributed by atoms with E-state index in [0.29, 0.717) is 0 Å². The minimum Gasteiger partial charge on any atom is -0.466 e. The summed E-state index contributed by atoms with van der Waals surface area (Å²) in [6, 6.07) is -0.874. The number of rotatable bonds is 9. The van der Waals surface area contributed by atoms with Crippen molar-refractivity contribution in [2.75, 3.05) is 26.1 Å². The van der Waals surface area contributed by atoms with Gasteiger partial charge in [-0.25, -0.2) is 4.79 Å². The van der Waals surface area contributed by atoms with Gasteiger partial charge in [0.1, 0.15) is 6.61 Å². The number of nitrogens with one attached hydrogen (secondary N) is 1. The number of alkyl carbamates (subject to hydrolysis) is 1. The molecule has 8 nitrogen and oxygen atoms in total. The summed E-state index contributed by atoms with van der Waals surface area (Å²) >= 11 is 0. The van der Waals surface area contributed by atoms with Crippen molar-refractivity contribution in [3.05, 3.63) is 12.7 Å². The SMILES string of the molecule is C=CCOC(=O)N[C@@H](COS(C)(=O)=O)CC(=O)OCC. The van der Waals surface area contributed by atoms with Crippen LogP contribution in [0.3, 0.4) is 0 Å². The topological polar surface area (TPSA) is 108 Å². The normalized spacial score (nSPS) is 12.3. The van der Waals surface area contributed by atoms with Crippen LogP contribution in [-0.4, -0.2) is 52.6 Å². The van der Waals surface area contributed by atoms with Crippen molar-refractivity contribution in [3.8, 4) is 0 Å². The van der Waals surface area contributed by atoms with E-state index in [-0.39, 0.29) is 26.2 Å². The van der Waals surface area contributed by atoms with Gasteiger partial charge in [-0.1, -0.05) is 12.7 Å². The van der Waals surface area contributed by atoms with Gasteiger partial charge in [-0.3, -0.25) is 8.98 Å². The van der Waals surface area contributed by atoms with Crippen LogP contribution < -0.4 is 5.32 Å². The van der Waals surface area contributed by atoms with Gasteiger partial charge in [-0.15, -0.1) is 0 Å². The maximum atomic E-state index is 11.3. The van der Waals surface area contributed by atoms with Crippen molar-refractivity contribution in [1.82, 2.24) is 5.32 Å². The standard InChI is InChI=1S/C11H19NO7S/c1-4-6-18-11(14)12-9(7-10(13)17-5-2)8-19-20(3,15)16/h4,9H,1,5-8H2,2-3H3,(H,12,14)/t9-/m1/s1. The predicted molar refractivity (Wildman–Crippen MR) is 70.5 cm³/mol. The van der Waals surface area contributed by atoms with Crippen molar-refractivity contribution in [1.29, 1.82) is 0 Å². The second-order valence-electron chi connectivity index (χ2n) is 3.73. The molecular weight excluding hydrogens is 290 g/mol. The Kier molecular flexibility index (Phi) is 8.57. The molecular formula is C11H19NO7S. The van der Waals surface area contributed by atoms with E-state index in [4.69, 9.17) is 4.74 Å². The summed E-state index contributed by atoms with van der Waals surface area (Å²) in [4.78, 5) is 22.7. The minimum absolute atomic E-state index is 0.00903. The Morgan fingerprint density at radius 3 is 2.50 bits per heavy atom. The first kappa shape index (κ1) is 18.4. The van der Waals surface area contributed by atoms with Gasteiger partial charge >= 0.3 is 12.1 Å². The number of amides is 1. The van der Waals surface area contributed by atoms with Crippen molar-refractivity contribution < 1.29 is 31.7 Å². The number of ether oxygens (including phenoxy) is 2. The van der Waals surface area contributed by atoms with E-state index in [1.807, 2.05) is 0 Å². The van der Waals surface area contributed by atoms with Gasteiger partial charge in [-0.05, 0) is 6.92 Å². The lowest BCUT2D eigenvalue weighted by molar-refractivity contribution is -0.143. The molecule has 0 bridgehead atoms. The lowest BCUT2D eigenvalue weighted by Gasteiger charge is -2.17. The van der Waals surface area contributed by atoms with Crippen LogP contribution in [0.15, 0.2) is 12.7 Å². The molecule has 0 fully saturated rings. The molecule has 20 heavy (non-hydrogen) atoms. The third-order valence-electron chi connectivity index (χ3n) is 1.86. The van der Waals surface area contributed by atoms with Gasteiger partial charge in [0, 0.05) is 0 Å². The van der Waals surface area contributed by atoms with Crippen LogP contribution in [-0.2, 0) is 28.6 Å². The molecule has 9 heteroatoms. The van der Waals surface area contributed by atoms with Crippen LogP contribution in [0, 0.1) is 0 Å². The van der Waals surface area contributed by atoms with Crippen LogP contribution in [0.25, 0.3) is 0 Å². The molecule has 0 heterocycles. The summed E-state index contributed by atoms with van der Waals surface area (Å²) < 4.78 is 35.8. The molecule has 1 amide bonds. The summed E-state index contributed by atoms with van der Waals surface area (Å²) in [5.41, 5.74) is 0. The van der Waals surface area contributed by atoms with Gasteiger partial charge in [0.25, 0.3) is 10.1 Å². The summed E-state index contributed by atoms with van der Waals surface area (Å²) in [5, 5.41) is 2.31. The monoisotopic (exact) mass is 309 g/mol. The lowest BCUT2D eigenvalue weighted by Crippen LogP contribution is -2.41. The quantitative estimate of drug-likeness (QED) is 0.368. The summed E-state index contributed by atoms with van der Waals surface area (Å²) in [7, 11) is -3.68. The van der Waals surface area contributed by atoms with Crippen LogP contribution in [0.4, 0.5) is 4.79 Å². The zero-order chi connectivity index (χ0) is 15.6. The van der Waals surface area contributed by atoms with E-state index in [1.165, 1.54) is 6.08 Å².